The number of aryl methyl sites for hydroxylation is 1. The molecule has 0 fully saturated rings. The van der Waals surface area contributed by atoms with Gasteiger partial charge in [-0.1, -0.05) is 6.92 Å². The fraction of sp³-hybridized carbons (Fsp3) is 0.333. The van der Waals surface area contributed by atoms with E-state index >= 15 is 0 Å². The van der Waals surface area contributed by atoms with Gasteiger partial charge in [0.2, 0.25) is 0 Å². The van der Waals surface area contributed by atoms with Gasteiger partial charge in [0.15, 0.2) is 11.6 Å². The summed E-state index contributed by atoms with van der Waals surface area (Å²) in [6, 6.07) is 11.3. The molecular weight excluding hydrogens is 316 g/mol. The Morgan fingerprint density at radius 2 is 1.44 bits per heavy atom. The predicted molar refractivity (Wildman–Crippen MR) is 95.8 cm³/mol. The molecule has 2 aromatic carbocycles. The lowest BCUT2D eigenvalue weighted by Crippen LogP contribution is -2.02. The molecule has 2 aromatic rings. The maximum absolute atomic E-state index is 11.6. The molecule has 4 rings (SSSR count). The first-order chi connectivity index (χ1) is 12.0. The van der Waals surface area contributed by atoms with E-state index in [1.54, 1.807) is 14.2 Å². The van der Waals surface area contributed by atoms with E-state index in [9.17, 15) is 9.59 Å². The summed E-state index contributed by atoms with van der Waals surface area (Å²) >= 11 is 0. The molecule has 1 atom stereocenters. The highest BCUT2D eigenvalue weighted by Gasteiger charge is 2.26. The Kier molecular flexibility index (Phi) is 4.88. The van der Waals surface area contributed by atoms with E-state index in [1.807, 2.05) is 43.3 Å². The van der Waals surface area contributed by atoms with Crippen LogP contribution in [0, 0.1) is 5.92 Å². The molecule has 0 saturated carbocycles. The van der Waals surface area contributed by atoms with E-state index < -0.39 is 0 Å². The number of ketones is 2. The third-order valence-corrected chi connectivity index (χ3v) is 4.79. The normalized spacial score (nSPS) is 17.5. The standard InChI is InChI=1S/C11H12O2.C10H10O2/c1-7-5-8-6-9(13-2)3-4-10(8)11(7)12;1-12-8-3-4-9-7(6-8)2-5-10(9)11/h3-4,6-7H,5H2,1-2H3;3-4,6H,2,5H2,1H3. The Hall–Kier alpha value is -2.62. The monoisotopic (exact) mass is 338 g/mol. The van der Waals surface area contributed by atoms with E-state index in [0.717, 1.165) is 46.6 Å². The Bertz CT molecular complexity index is 823. The van der Waals surface area contributed by atoms with Crippen LogP contribution in [0.3, 0.4) is 0 Å². The van der Waals surface area contributed by atoms with E-state index in [2.05, 4.69) is 0 Å². The van der Waals surface area contributed by atoms with Gasteiger partial charge in [-0.25, -0.2) is 0 Å². The minimum Gasteiger partial charge on any atom is -0.497 e. The summed E-state index contributed by atoms with van der Waals surface area (Å²) in [5.74, 6) is 2.33. The van der Waals surface area contributed by atoms with Crippen molar-refractivity contribution in [3.05, 3.63) is 58.7 Å². The third-order valence-electron chi connectivity index (χ3n) is 4.79. The molecule has 0 heterocycles. The minimum atomic E-state index is 0.141. The van der Waals surface area contributed by atoms with Gasteiger partial charge in [-0.05, 0) is 60.4 Å². The number of carbonyl (C=O) groups excluding carboxylic acids is 2. The summed E-state index contributed by atoms with van der Waals surface area (Å²) in [7, 11) is 3.28. The molecule has 0 spiro atoms. The van der Waals surface area contributed by atoms with Crippen molar-refractivity contribution in [2.75, 3.05) is 14.2 Å². The predicted octanol–water partition coefficient (Wildman–Crippen LogP) is 3.89. The zero-order chi connectivity index (χ0) is 18.0. The molecule has 25 heavy (non-hydrogen) atoms. The van der Waals surface area contributed by atoms with Crippen LogP contribution in [-0.4, -0.2) is 25.8 Å². The van der Waals surface area contributed by atoms with Gasteiger partial charge in [0, 0.05) is 23.5 Å². The lowest BCUT2D eigenvalue weighted by Gasteiger charge is -2.01. The fourth-order valence-electron chi connectivity index (χ4n) is 3.35. The summed E-state index contributed by atoms with van der Waals surface area (Å²) in [6.45, 7) is 1.97. The van der Waals surface area contributed by atoms with Crippen molar-refractivity contribution in [1.82, 2.24) is 0 Å². The van der Waals surface area contributed by atoms with Gasteiger partial charge in [0.05, 0.1) is 14.2 Å². The first-order valence-corrected chi connectivity index (χ1v) is 8.44. The average molecular weight is 338 g/mol. The van der Waals surface area contributed by atoms with Crippen LogP contribution in [0.1, 0.15) is 45.2 Å². The maximum Gasteiger partial charge on any atom is 0.166 e. The van der Waals surface area contributed by atoms with Crippen LogP contribution in [0.25, 0.3) is 0 Å². The third kappa shape index (κ3) is 3.43. The van der Waals surface area contributed by atoms with Crippen LogP contribution in [0.4, 0.5) is 0 Å². The number of fused-ring (bicyclic) bond motifs is 2. The summed E-state index contributed by atoms with van der Waals surface area (Å²) in [5.41, 5.74) is 3.99. The van der Waals surface area contributed by atoms with Gasteiger partial charge in [-0.15, -0.1) is 0 Å². The molecule has 0 amide bonds. The zero-order valence-corrected chi connectivity index (χ0v) is 14.8. The molecule has 0 N–H and O–H groups in total. The number of carbonyl (C=O) groups is 2. The molecule has 0 aromatic heterocycles. The van der Waals surface area contributed by atoms with Crippen LogP contribution in [0.2, 0.25) is 0 Å². The number of rotatable bonds is 2. The SMILES string of the molecule is COc1ccc2c(c1)CC(C)C2=O.COc1ccc2c(c1)CCC2=O. The van der Waals surface area contributed by atoms with Crippen LogP contribution in [-0.2, 0) is 12.8 Å². The van der Waals surface area contributed by atoms with Gasteiger partial charge in [0.1, 0.15) is 11.5 Å². The average Bonchev–Trinajstić information content (AvgIpc) is 3.14. The number of benzene rings is 2. The van der Waals surface area contributed by atoms with Gasteiger partial charge in [-0.3, -0.25) is 9.59 Å². The highest BCUT2D eigenvalue weighted by atomic mass is 16.5. The highest BCUT2D eigenvalue weighted by Crippen LogP contribution is 2.29. The topological polar surface area (TPSA) is 52.6 Å². The summed E-state index contributed by atoms with van der Waals surface area (Å²) in [5, 5.41) is 0. The molecule has 4 nitrogen and oxygen atoms in total. The van der Waals surface area contributed by atoms with Crippen molar-refractivity contribution in [3.63, 3.8) is 0 Å². The smallest absolute Gasteiger partial charge is 0.166 e. The Morgan fingerprint density at radius 1 is 0.840 bits per heavy atom. The van der Waals surface area contributed by atoms with Crippen molar-refractivity contribution in [3.8, 4) is 11.5 Å². The Labute approximate surface area is 147 Å². The van der Waals surface area contributed by atoms with Crippen LogP contribution in [0.5, 0.6) is 11.5 Å². The summed E-state index contributed by atoms with van der Waals surface area (Å²) in [4.78, 5) is 22.8. The Balaban J connectivity index is 0.000000146. The van der Waals surface area contributed by atoms with Crippen molar-refractivity contribution >= 4 is 11.6 Å². The maximum atomic E-state index is 11.6. The fourth-order valence-corrected chi connectivity index (χ4v) is 3.35. The van der Waals surface area contributed by atoms with Crippen molar-refractivity contribution in [2.45, 2.75) is 26.2 Å². The highest BCUT2D eigenvalue weighted by molar-refractivity contribution is 6.02. The molecule has 0 saturated heterocycles. The first kappa shape index (κ1) is 17.2. The minimum absolute atomic E-state index is 0.141. The number of methoxy groups -OCH3 is 2. The molecule has 1 unspecified atom stereocenters. The second-order valence-electron chi connectivity index (χ2n) is 6.44. The molecule has 2 aliphatic carbocycles. The van der Waals surface area contributed by atoms with Gasteiger partial charge >= 0.3 is 0 Å². The molecule has 0 aliphatic heterocycles. The van der Waals surface area contributed by atoms with Crippen molar-refractivity contribution in [1.29, 1.82) is 0 Å². The molecule has 130 valence electrons. The lowest BCUT2D eigenvalue weighted by atomic mass is 10.1. The molecule has 0 bridgehead atoms. The lowest BCUT2D eigenvalue weighted by molar-refractivity contribution is 0.0945. The number of Topliss-reactive ketones (excluding diaryl/α,β-unsaturated/α-hetero) is 2. The van der Waals surface area contributed by atoms with Crippen LogP contribution >= 0.6 is 0 Å². The van der Waals surface area contributed by atoms with Gasteiger partial charge < -0.3 is 9.47 Å². The molecule has 2 aliphatic rings. The quantitative estimate of drug-likeness (QED) is 0.833. The van der Waals surface area contributed by atoms with Gasteiger partial charge in [0.25, 0.3) is 0 Å². The largest absolute Gasteiger partial charge is 0.497 e. The summed E-state index contributed by atoms with van der Waals surface area (Å²) < 4.78 is 10.2. The number of ether oxygens (including phenoxy) is 2. The van der Waals surface area contributed by atoms with E-state index in [0.29, 0.717) is 6.42 Å². The second-order valence-corrected chi connectivity index (χ2v) is 6.44. The first-order valence-electron chi connectivity index (χ1n) is 8.44. The van der Waals surface area contributed by atoms with Crippen molar-refractivity contribution < 1.29 is 19.1 Å². The summed E-state index contributed by atoms with van der Waals surface area (Å²) in [6.07, 6.45) is 2.37. The van der Waals surface area contributed by atoms with E-state index in [4.69, 9.17) is 9.47 Å². The molecular formula is C21H22O4. The number of hydrogen-bond acceptors (Lipinski definition) is 4. The van der Waals surface area contributed by atoms with Crippen molar-refractivity contribution in [2.24, 2.45) is 5.92 Å². The van der Waals surface area contributed by atoms with Crippen LogP contribution in [0.15, 0.2) is 36.4 Å². The van der Waals surface area contributed by atoms with E-state index in [1.165, 1.54) is 0 Å². The van der Waals surface area contributed by atoms with Crippen LogP contribution < -0.4 is 9.47 Å². The van der Waals surface area contributed by atoms with Gasteiger partial charge in [-0.2, -0.15) is 0 Å². The zero-order valence-electron chi connectivity index (χ0n) is 14.8. The molecule has 0 radical (unpaired) electrons. The number of hydrogen-bond donors (Lipinski definition) is 0. The molecule has 4 heteroatoms. The van der Waals surface area contributed by atoms with E-state index in [-0.39, 0.29) is 17.5 Å². The Morgan fingerprint density at radius 3 is 2.08 bits per heavy atom. The second kappa shape index (κ2) is 7.09.